The molecule has 0 saturated carbocycles. The predicted octanol–water partition coefficient (Wildman–Crippen LogP) is 4.00. The topological polar surface area (TPSA) is 45.2 Å². The number of pyridine rings is 1. The minimum absolute atomic E-state index is 0.236. The van der Waals surface area contributed by atoms with Crippen LogP contribution in [0.4, 0.5) is 15.8 Å². The van der Waals surface area contributed by atoms with Crippen LogP contribution in [0.2, 0.25) is 0 Å². The minimum Gasteiger partial charge on any atom is -0.376 e. The molecule has 1 aromatic heterocycles. The van der Waals surface area contributed by atoms with E-state index in [0.29, 0.717) is 16.8 Å². The fraction of sp³-hybridized carbons (Fsp3) is 0.158. The summed E-state index contributed by atoms with van der Waals surface area (Å²) in [7, 11) is 3.84. The molecule has 1 heterocycles. The van der Waals surface area contributed by atoms with E-state index in [-0.39, 0.29) is 11.7 Å². The third kappa shape index (κ3) is 3.06. The maximum Gasteiger partial charge on any atom is 0.257 e. The highest BCUT2D eigenvalue weighted by Crippen LogP contribution is 2.25. The molecule has 3 rings (SSSR count). The van der Waals surface area contributed by atoms with E-state index in [1.165, 1.54) is 12.1 Å². The zero-order chi connectivity index (χ0) is 17.3. The van der Waals surface area contributed by atoms with E-state index in [1.807, 2.05) is 43.3 Å². The molecule has 0 atom stereocenters. The number of anilines is 2. The number of hydrogen-bond acceptors (Lipinski definition) is 3. The highest BCUT2D eigenvalue weighted by molar-refractivity contribution is 6.08. The molecule has 0 fully saturated rings. The summed E-state index contributed by atoms with van der Waals surface area (Å²) in [6.07, 6.45) is 0. The van der Waals surface area contributed by atoms with Gasteiger partial charge in [0.15, 0.2) is 0 Å². The van der Waals surface area contributed by atoms with E-state index in [2.05, 4.69) is 10.3 Å². The Hall–Kier alpha value is -2.95. The van der Waals surface area contributed by atoms with Gasteiger partial charge in [-0.25, -0.2) is 4.39 Å². The maximum absolute atomic E-state index is 13.3. The second-order valence-corrected chi connectivity index (χ2v) is 5.82. The van der Waals surface area contributed by atoms with Crippen LogP contribution in [0.25, 0.3) is 10.9 Å². The van der Waals surface area contributed by atoms with Crippen molar-refractivity contribution < 1.29 is 9.18 Å². The van der Waals surface area contributed by atoms with Crippen LogP contribution in [0.5, 0.6) is 0 Å². The van der Waals surface area contributed by atoms with Crippen LogP contribution in [0, 0.1) is 12.7 Å². The number of nitrogens with zero attached hydrogens (tertiary/aromatic N) is 2. The highest BCUT2D eigenvalue weighted by atomic mass is 19.1. The van der Waals surface area contributed by atoms with Crippen molar-refractivity contribution in [2.75, 3.05) is 24.3 Å². The lowest BCUT2D eigenvalue weighted by molar-refractivity contribution is 0.102. The number of halogens is 1. The van der Waals surface area contributed by atoms with E-state index in [9.17, 15) is 9.18 Å². The molecule has 24 heavy (non-hydrogen) atoms. The van der Waals surface area contributed by atoms with E-state index in [1.54, 1.807) is 19.1 Å². The average molecular weight is 323 g/mol. The number of aryl methyl sites for hydroxylation is 1. The van der Waals surface area contributed by atoms with Gasteiger partial charge in [-0.2, -0.15) is 0 Å². The van der Waals surface area contributed by atoms with Gasteiger partial charge in [-0.3, -0.25) is 9.78 Å². The first-order valence-electron chi connectivity index (χ1n) is 7.60. The second kappa shape index (κ2) is 6.28. The van der Waals surface area contributed by atoms with Crippen LogP contribution in [0.15, 0.2) is 48.5 Å². The third-order valence-electron chi connectivity index (χ3n) is 3.85. The Bertz CT molecular complexity index is 922. The van der Waals surface area contributed by atoms with Crippen LogP contribution in [-0.4, -0.2) is 25.0 Å². The molecular formula is C19H18FN3O. The number of benzene rings is 2. The molecule has 1 N–H and O–H groups in total. The normalized spacial score (nSPS) is 10.7. The van der Waals surface area contributed by atoms with Crippen LogP contribution >= 0.6 is 0 Å². The summed E-state index contributed by atoms with van der Waals surface area (Å²) in [5.74, 6) is -0.577. The van der Waals surface area contributed by atoms with Crippen LogP contribution in [-0.2, 0) is 0 Å². The van der Waals surface area contributed by atoms with Crippen molar-refractivity contribution >= 4 is 28.2 Å². The number of carbonyl (C=O) groups excluding carboxylic acids is 1. The molecule has 2 aromatic carbocycles. The van der Waals surface area contributed by atoms with Gasteiger partial charge < -0.3 is 10.2 Å². The maximum atomic E-state index is 13.3. The lowest BCUT2D eigenvalue weighted by Crippen LogP contribution is -2.17. The minimum atomic E-state index is -0.341. The zero-order valence-corrected chi connectivity index (χ0v) is 13.8. The molecule has 0 aliphatic heterocycles. The van der Waals surface area contributed by atoms with Crippen molar-refractivity contribution in [3.63, 3.8) is 0 Å². The lowest BCUT2D eigenvalue weighted by Gasteiger charge is -2.18. The molecule has 5 heteroatoms. The van der Waals surface area contributed by atoms with Crippen LogP contribution < -0.4 is 10.2 Å². The number of rotatable bonds is 3. The molecule has 0 aliphatic rings. The fourth-order valence-electron chi connectivity index (χ4n) is 2.63. The van der Waals surface area contributed by atoms with Gasteiger partial charge in [-0.1, -0.05) is 12.1 Å². The Kier molecular flexibility index (Phi) is 4.16. The summed E-state index contributed by atoms with van der Waals surface area (Å²) in [5, 5.41) is 3.66. The lowest BCUT2D eigenvalue weighted by atomic mass is 10.1. The number of amides is 1. The van der Waals surface area contributed by atoms with Crippen molar-refractivity contribution in [2.45, 2.75) is 6.92 Å². The SMILES string of the molecule is Cc1nc2cc(F)ccc2cc1C(=O)Nc1ccccc1N(C)C. The summed E-state index contributed by atoms with van der Waals surface area (Å²) >= 11 is 0. The molecule has 0 unspecified atom stereocenters. The van der Waals surface area contributed by atoms with Crippen molar-refractivity contribution in [2.24, 2.45) is 0 Å². The zero-order valence-electron chi connectivity index (χ0n) is 13.8. The standard InChI is InChI=1S/C19H18FN3O/c1-12-15(10-13-8-9-14(20)11-17(13)21-12)19(24)22-16-6-4-5-7-18(16)23(2)3/h4-11H,1-3H3,(H,22,24). The number of fused-ring (bicyclic) bond motifs is 1. The number of nitrogens with one attached hydrogen (secondary N) is 1. The first-order chi connectivity index (χ1) is 11.5. The second-order valence-electron chi connectivity index (χ2n) is 5.82. The van der Waals surface area contributed by atoms with Gasteiger partial charge in [0, 0.05) is 25.5 Å². The van der Waals surface area contributed by atoms with Crippen LogP contribution in [0.3, 0.4) is 0 Å². The van der Waals surface area contributed by atoms with Gasteiger partial charge in [0.05, 0.1) is 28.1 Å². The van der Waals surface area contributed by atoms with Gasteiger partial charge in [-0.15, -0.1) is 0 Å². The molecule has 0 bridgehead atoms. The Morgan fingerprint density at radius 1 is 1.12 bits per heavy atom. The number of aromatic nitrogens is 1. The predicted molar refractivity (Wildman–Crippen MR) is 95.2 cm³/mol. The van der Waals surface area contributed by atoms with Gasteiger partial charge in [-0.05, 0) is 37.3 Å². The highest BCUT2D eigenvalue weighted by Gasteiger charge is 2.14. The number of hydrogen-bond donors (Lipinski definition) is 1. The molecule has 0 radical (unpaired) electrons. The Morgan fingerprint density at radius 3 is 2.62 bits per heavy atom. The molecule has 0 spiro atoms. The van der Waals surface area contributed by atoms with Crippen LogP contribution in [0.1, 0.15) is 16.1 Å². The quantitative estimate of drug-likeness (QED) is 0.792. The summed E-state index contributed by atoms with van der Waals surface area (Å²) < 4.78 is 13.3. The number of para-hydroxylation sites is 2. The summed E-state index contributed by atoms with van der Waals surface area (Å²) in [6.45, 7) is 1.75. The fourth-order valence-corrected chi connectivity index (χ4v) is 2.63. The molecule has 4 nitrogen and oxygen atoms in total. The van der Waals surface area contributed by atoms with Crippen molar-refractivity contribution in [1.29, 1.82) is 0 Å². The smallest absolute Gasteiger partial charge is 0.257 e. The summed E-state index contributed by atoms with van der Waals surface area (Å²) in [5.41, 5.74) is 3.22. The van der Waals surface area contributed by atoms with Crippen molar-refractivity contribution in [3.8, 4) is 0 Å². The van der Waals surface area contributed by atoms with Gasteiger partial charge in [0.2, 0.25) is 0 Å². The molecule has 3 aromatic rings. The first-order valence-corrected chi connectivity index (χ1v) is 7.60. The summed E-state index contributed by atoms with van der Waals surface area (Å²) in [6, 6.07) is 13.7. The molecule has 0 aliphatic carbocycles. The summed E-state index contributed by atoms with van der Waals surface area (Å²) in [4.78, 5) is 19.0. The van der Waals surface area contributed by atoms with Crippen molar-refractivity contribution in [1.82, 2.24) is 4.98 Å². The number of carbonyl (C=O) groups is 1. The Balaban J connectivity index is 1.97. The third-order valence-corrected chi connectivity index (χ3v) is 3.85. The Morgan fingerprint density at radius 2 is 1.88 bits per heavy atom. The van der Waals surface area contributed by atoms with E-state index in [4.69, 9.17) is 0 Å². The monoisotopic (exact) mass is 323 g/mol. The first kappa shape index (κ1) is 15.9. The van der Waals surface area contributed by atoms with E-state index in [0.717, 1.165) is 16.8 Å². The molecule has 0 saturated heterocycles. The van der Waals surface area contributed by atoms with Gasteiger partial charge in [0.25, 0.3) is 5.91 Å². The van der Waals surface area contributed by atoms with Crippen molar-refractivity contribution in [3.05, 3.63) is 65.6 Å². The van der Waals surface area contributed by atoms with E-state index < -0.39 is 0 Å². The molecule has 1 amide bonds. The van der Waals surface area contributed by atoms with Gasteiger partial charge in [0.1, 0.15) is 5.82 Å². The molecular weight excluding hydrogens is 305 g/mol. The van der Waals surface area contributed by atoms with E-state index >= 15 is 0 Å². The largest absolute Gasteiger partial charge is 0.376 e. The molecule has 122 valence electrons. The Labute approximate surface area is 139 Å². The van der Waals surface area contributed by atoms with Gasteiger partial charge >= 0.3 is 0 Å². The average Bonchev–Trinajstić information content (AvgIpc) is 2.54.